The molecule has 1 amide bonds. The third kappa shape index (κ3) is 5.35. The molecule has 0 atom stereocenters. The highest BCUT2D eigenvalue weighted by Gasteiger charge is 2.25. The minimum absolute atomic E-state index is 0.0734. The molecule has 3 rings (SSSR count). The molecule has 2 aromatic heterocycles. The molecule has 2 N–H and O–H groups in total. The maximum atomic E-state index is 12.4. The molecule has 0 bridgehead atoms. The Hall–Kier alpha value is -2.41. The van der Waals surface area contributed by atoms with Gasteiger partial charge in [0.2, 0.25) is 27.1 Å². The van der Waals surface area contributed by atoms with Crippen LogP contribution in [0.4, 0.5) is 5.13 Å². The number of benzene rings is 1. The zero-order valence-electron chi connectivity index (χ0n) is 15.6. The largest absolute Gasteiger partial charge is 0.338 e. The minimum atomic E-state index is -3.97. The maximum absolute atomic E-state index is 12.4. The molecule has 0 radical (unpaired) electrons. The predicted molar refractivity (Wildman–Crippen MR) is 107 cm³/mol. The first-order valence-corrected chi connectivity index (χ1v) is 11.0. The van der Waals surface area contributed by atoms with Crippen molar-refractivity contribution in [1.29, 1.82) is 0 Å². The van der Waals surface area contributed by atoms with Gasteiger partial charge in [0.05, 0.1) is 6.54 Å². The summed E-state index contributed by atoms with van der Waals surface area (Å²) in [6.07, 6.45) is 0. The lowest BCUT2D eigenvalue weighted by molar-refractivity contribution is -0.123. The number of hydrogen-bond acceptors (Lipinski definition) is 9. The van der Waals surface area contributed by atoms with Gasteiger partial charge >= 0.3 is 0 Å². The van der Waals surface area contributed by atoms with Crippen LogP contribution in [0.5, 0.6) is 0 Å². The molecular weight excluding hydrogens is 440 g/mol. The molecule has 29 heavy (non-hydrogen) atoms. The Labute approximate surface area is 175 Å². The summed E-state index contributed by atoms with van der Waals surface area (Å²) in [7, 11) is -3.97. The predicted octanol–water partition coefficient (Wildman–Crippen LogP) is 2.70. The fraction of sp³-hybridized carbons (Fsp3) is 0.312. The van der Waals surface area contributed by atoms with Crippen molar-refractivity contribution in [2.75, 3.05) is 5.32 Å². The summed E-state index contributed by atoms with van der Waals surface area (Å²) in [5.41, 5.74) is 0.0264. The molecule has 0 aliphatic rings. The van der Waals surface area contributed by atoms with Crippen LogP contribution in [0, 0.1) is 5.41 Å². The van der Waals surface area contributed by atoms with Gasteiger partial charge in [-0.05, 0) is 24.3 Å². The van der Waals surface area contributed by atoms with Crippen LogP contribution in [0.1, 0.15) is 26.7 Å². The van der Waals surface area contributed by atoms with E-state index in [2.05, 4.69) is 30.4 Å². The van der Waals surface area contributed by atoms with E-state index in [1.807, 2.05) is 0 Å². The number of sulfonamides is 1. The highest BCUT2D eigenvalue weighted by molar-refractivity contribution is 7.91. The number of nitrogens with one attached hydrogen (secondary N) is 2. The molecule has 1 aromatic carbocycles. The highest BCUT2D eigenvalue weighted by Crippen LogP contribution is 2.23. The number of aromatic nitrogens is 4. The fourth-order valence-electron chi connectivity index (χ4n) is 1.91. The van der Waals surface area contributed by atoms with Crippen LogP contribution in [0.15, 0.2) is 33.1 Å². The molecular formula is C16H17ClN6O4S2. The number of carbonyl (C=O) groups excluding carboxylic acids is 1. The lowest BCUT2D eigenvalue weighted by Gasteiger charge is -2.15. The first-order valence-electron chi connectivity index (χ1n) is 8.28. The van der Waals surface area contributed by atoms with E-state index in [1.165, 1.54) is 0 Å². The molecule has 154 valence electrons. The standard InChI is InChI=1S/C16H17ClN6O4S2/c1-16(2,3)13(24)20-14-21-22-15(28-14)29(25,26)18-8-11-19-12(23-27-11)9-4-6-10(17)7-5-9/h4-7,18H,8H2,1-3H3,(H,20,21,24). The molecule has 0 saturated carbocycles. The maximum Gasteiger partial charge on any atom is 0.270 e. The van der Waals surface area contributed by atoms with Gasteiger partial charge in [-0.25, -0.2) is 8.42 Å². The van der Waals surface area contributed by atoms with Crippen molar-refractivity contribution in [3.8, 4) is 11.4 Å². The Morgan fingerprint density at radius 2 is 1.90 bits per heavy atom. The Morgan fingerprint density at radius 1 is 1.21 bits per heavy atom. The van der Waals surface area contributed by atoms with Crippen molar-refractivity contribution in [3.05, 3.63) is 35.2 Å². The molecule has 0 fully saturated rings. The summed E-state index contributed by atoms with van der Waals surface area (Å²) in [6.45, 7) is 4.95. The van der Waals surface area contributed by atoms with E-state index < -0.39 is 15.4 Å². The van der Waals surface area contributed by atoms with Crippen LogP contribution in [-0.2, 0) is 21.4 Å². The number of rotatable bonds is 6. The van der Waals surface area contributed by atoms with Gasteiger partial charge in [-0.15, -0.1) is 10.2 Å². The first-order chi connectivity index (χ1) is 13.5. The Morgan fingerprint density at radius 3 is 2.55 bits per heavy atom. The SMILES string of the molecule is CC(C)(C)C(=O)Nc1nnc(S(=O)(=O)NCc2nc(-c3ccc(Cl)cc3)no2)s1. The molecule has 0 aliphatic heterocycles. The van der Waals surface area contributed by atoms with Gasteiger partial charge in [-0.2, -0.15) is 9.71 Å². The molecule has 0 saturated heterocycles. The first kappa shape index (κ1) is 21.3. The monoisotopic (exact) mass is 456 g/mol. The third-order valence-electron chi connectivity index (χ3n) is 3.52. The highest BCUT2D eigenvalue weighted by atomic mass is 35.5. The smallest absolute Gasteiger partial charge is 0.270 e. The summed E-state index contributed by atoms with van der Waals surface area (Å²) in [6, 6.07) is 6.80. The van der Waals surface area contributed by atoms with E-state index in [0.717, 1.165) is 11.3 Å². The van der Waals surface area contributed by atoms with Crippen molar-refractivity contribution in [1.82, 2.24) is 25.1 Å². The fourth-order valence-corrected chi connectivity index (χ4v) is 3.95. The number of anilines is 1. The van der Waals surface area contributed by atoms with Gasteiger partial charge in [0.15, 0.2) is 0 Å². The normalized spacial score (nSPS) is 12.1. The van der Waals surface area contributed by atoms with Gasteiger partial charge in [0.1, 0.15) is 0 Å². The summed E-state index contributed by atoms with van der Waals surface area (Å²) in [5, 5.41) is 14.3. The van der Waals surface area contributed by atoms with E-state index in [4.69, 9.17) is 16.1 Å². The zero-order chi connectivity index (χ0) is 21.2. The summed E-state index contributed by atoms with van der Waals surface area (Å²) in [4.78, 5) is 16.1. The molecule has 10 nitrogen and oxygen atoms in total. The average molecular weight is 457 g/mol. The van der Waals surface area contributed by atoms with Crippen LogP contribution in [-0.4, -0.2) is 34.7 Å². The molecule has 2 heterocycles. The van der Waals surface area contributed by atoms with Crippen molar-refractivity contribution in [2.24, 2.45) is 5.41 Å². The molecule has 0 aliphatic carbocycles. The Balaban J connectivity index is 1.65. The number of amides is 1. The lowest BCUT2D eigenvalue weighted by Crippen LogP contribution is -2.27. The van der Waals surface area contributed by atoms with Crippen molar-refractivity contribution in [2.45, 2.75) is 31.7 Å². The molecule has 13 heteroatoms. The van der Waals surface area contributed by atoms with Crippen molar-refractivity contribution >= 4 is 44.0 Å². The van der Waals surface area contributed by atoms with E-state index in [0.29, 0.717) is 16.4 Å². The van der Waals surface area contributed by atoms with Crippen LogP contribution >= 0.6 is 22.9 Å². The topological polar surface area (TPSA) is 140 Å². The van der Waals surface area contributed by atoms with Gasteiger partial charge in [0.25, 0.3) is 10.0 Å². The van der Waals surface area contributed by atoms with Crippen LogP contribution < -0.4 is 10.0 Å². The van der Waals surface area contributed by atoms with Gasteiger partial charge in [-0.1, -0.05) is 48.9 Å². The molecule has 0 spiro atoms. The number of carbonyl (C=O) groups is 1. The minimum Gasteiger partial charge on any atom is -0.338 e. The van der Waals surface area contributed by atoms with E-state index >= 15 is 0 Å². The van der Waals surface area contributed by atoms with Crippen molar-refractivity contribution in [3.63, 3.8) is 0 Å². The summed E-state index contributed by atoms with van der Waals surface area (Å²) < 4.78 is 31.9. The van der Waals surface area contributed by atoms with Crippen LogP contribution in [0.3, 0.4) is 0 Å². The van der Waals surface area contributed by atoms with Crippen LogP contribution in [0.25, 0.3) is 11.4 Å². The summed E-state index contributed by atoms with van der Waals surface area (Å²) in [5.74, 6) is 0.0782. The molecule has 0 unspecified atom stereocenters. The third-order valence-corrected chi connectivity index (χ3v) is 6.38. The van der Waals surface area contributed by atoms with Gasteiger partial charge < -0.3 is 9.84 Å². The second-order valence-electron chi connectivity index (χ2n) is 6.92. The van der Waals surface area contributed by atoms with Crippen LogP contribution in [0.2, 0.25) is 5.02 Å². The van der Waals surface area contributed by atoms with Crippen molar-refractivity contribution < 1.29 is 17.7 Å². The lowest BCUT2D eigenvalue weighted by atomic mass is 9.96. The Bertz CT molecular complexity index is 1120. The second kappa shape index (κ2) is 8.14. The molecule has 3 aromatic rings. The Kier molecular flexibility index (Phi) is 5.98. The zero-order valence-corrected chi connectivity index (χ0v) is 18.0. The number of nitrogens with zero attached hydrogens (tertiary/aromatic N) is 4. The average Bonchev–Trinajstić information content (AvgIpc) is 3.30. The van der Waals surface area contributed by atoms with E-state index in [-0.39, 0.29) is 27.8 Å². The number of hydrogen-bond donors (Lipinski definition) is 2. The van der Waals surface area contributed by atoms with Gasteiger partial charge in [-0.3, -0.25) is 4.79 Å². The quantitative estimate of drug-likeness (QED) is 0.539. The van der Waals surface area contributed by atoms with Gasteiger partial charge in [0, 0.05) is 16.0 Å². The number of halogens is 1. The van der Waals surface area contributed by atoms with E-state index in [1.54, 1.807) is 45.0 Å². The second-order valence-corrected chi connectivity index (χ2v) is 10.3. The van der Waals surface area contributed by atoms with E-state index in [9.17, 15) is 13.2 Å². The summed E-state index contributed by atoms with van der Waals surface area (Å²) >= 11 is 6.58.